The quantitative estimate of drug-likeness (QED) is 0.541. The van der Waals surface area contributed by atoms with Gasteiger partial charge in [0, 0.05) is 22.8 Å². The average molecular weight is 442 g/mol. The van der Waals surface area contributed by atoms with Crippen LogP contribution >= 0.6 is 11.6 Å². The maximum absolute atomic E-state index is 14.2. The van der Waals surface area contributed by atoms with Gasteiger partial charge in [-0.05, 0) is 76.1 Å². The Balaban J connectivity index is 1.75. The third kappa shape index (κ3) is 4.59. The largest absolute Gasteiger partial charge is 0.444 e. The van der Waals surface area contributed by atoms with E-state index in [-0.39, 0.29) is 18.0 Å². The Labute approximate surface area is 186 Å². The van der Waals surface area contributed by atoms with E-state index in [1.807, 2.05) is 39.8 Å². The number of hydrogen-bond acceptors (Lipinski definition) is 4. The van der Waals surface area contributed by atoms with Gasteiger partial charge in [-0.3, -0.25) is 0 Å². The smallest absolute Gasteiger partial charge is 0.410 e. The second-order valence-electron chi connectivity index (χ2n) is 8.79. The van der Waals surface area contributed by atoms with Gasteiger partial charge in [0.15, 0.2) is 0 Å². The molecule has 0 saturated carbocycles. The molecular formula is C24H25ClFN3O2. The van der Waals surface area contributed by atoms with E-state index in [1.165, 1.54) is 12.1 Å². The lowest BCUT2D eigenvalue weighted by molar-refractivity contribution is 0.0204. The molecule has 0 spiro atoms. The molecule has 5 nitrogen and oxygen atoms in total. The topological polar surface area (TPSA) is 53.9 Å². The second-order valence-corrected chi connectivity index (χ2v) is 9.23. The van der Waals surface area contributed by atoms with E-state index in [0.29, 0.717) is 35.0 Å². The standard InChI is InChI=1S/C24H25ClFN3O2/c1-14-11-15(9-10-29(14)23(30)31-24(2,3)4)22-18-13-17(26)6-8-19(18)27-20-7-5-16(25)12-21(20)28-22/h5-8,11-14,27H,9-10H2,1-4H3. The van der Waals surface area contributed by atoms with Crippen molar-refractivity contribution in [2.75, 3.05) is 11.9 Å². The molecule has 0 aliphatic carbocycles. The van der Waals surface area contributed by atoms with Crippen molar-refractivity contribution < 1.29 is 13.9 Å². The first kappa shape index (κ1) is 21.4. The van der Waals surface area contributed by atoms with Gasteiger partial charge in [-0.25, -0.2) is 14.2 Å². The highest BCUT2D eigenvalue weighted by Crippen LogP contribution is 2.38. The molecule has 2 heterocycles. The number of carbonyl (C=O) groups is 1. The van der Waals surface area contributed by atoms with E-state index in [1.54, 1.807) is 23.1 Å². The molecule has 4 rings (SSSR count). The zero-order chi connectivity index (χ0) is 22.3. The molecule has 2 aliphatic rings. The summed E-state index contributed by atoms with van der Waals surface area (Å²) in [6.45, 7) is 7.98. The summed E-state index contributed by atoms with van der Waals surface area (Å²) in [5.41, 5.74) is 4.00. The van der Waals surface area contributed by atoms with Crippen LogP contribution in [0.4, 0.5) is 26.2 Å². The molecule has 31 heavy (non-hydrogen) atoms. The van der Waals surface area contributed by atoms with Gasteiger partial charge in [0.1, 0.15) is 11.4 Å². The lowest BCUT2D eigenvalue weighted by Crippen LogP contribution is -2.44. The number of halogens is 2. The van der Waals surface area contributed by atoms with Crippen LogP contribution in [0.5, 0.6) is 0 Å². The van der Waals surface area contributed by atoms with Gasteiger partial charge in [0.25, 0.3) is 0 Å². The van der Waals surface area contributed by atoms with Crippen molar-refractivity contribution in [2.45, 2.75) is 45.8 Å². The molecule has 1 N–H and O–H groups in total. The van der Waals surface area contributed by atoms with Crippen LogP contribution in [0.15, 0.2) is 53.0 Å². The number of anilines is 2. The molecule has 0 fully saturated rings. The molecule has 2 aromatic rings. The third-order valence-electron chi connectivity index (χ3n) is 5.19. The first-order valence-electron chi connectivity index (χ1n) is 10.3. The van der Waals surface area contributed by atoms with Crippen LogP contribution in [-0.4, -0.2) is 34.9 Å². The monoisotopic (exact) mass is 441 g/mol. The summed E-state index contributed by atoms with van der Waals surface area (Å²) in [6, 6.07) is 9.87. The minimum Gasteiger partial charge on any atom is -0.444 e. The third-order valence-corrected chi connectivity index (χ3v) is 5.42. The van der Waals surface area contributed by atoms with Crippen molar-refractivity contribution in [1.29, 1.82) is 0 Å². The summed E-state index contributed by atoms with van der Waals surface area (Å²) < 4.78 is 19.7. The molecule has 0 saturated heterocycles. The maximum Gasteiger partial charge on any atom is 0.410 e. The van der Waals surface area contributed by atoms with Gasteiger partial charge in [0.05, 0.1) is 23.1 Å². The van der Waals surface area contributed by atoms with Crippen LogP contribution in [0.3, 0.4) is 0 Å². The number of amides is 1. The number of aliphatic imine (C=N–C) groups is 1. The first-order chi connectivity index (χ1) is 14.6. The molecule has 1 atom stereocenters. The predicted molar refractivity (Wildman–Crippen MR) is 122 cm³/mol. The van der Waals surface area contributed by atoms with Crippen LogP contribution in [0, 0.1) is 5.82 Å². The molecule has 0 radical (unpaired) electrons. The highest BCUT2D eigenvalue weighted by atomic mass is 35.5. The normalized spacial score (nSPS) is 18.1. The number of carbonyl (C=O) groups excluding carboxylic acids is 1. The SMILES string of the molecule is CC1C=C(C2=Nc3cc(Cl)ccc3Nc3ccc(F)cc32)CCN1C(=O)OC(C)(C)C. The van der Waals surface area contributed by atoms with Crippen LogP contribution in [0.25, 0.3) is 0 Å². The summed E-state index contributed by atoms with van der Waals surface area (Å²) in [6.07, 6.45) is 2.23. The number of rotatable bonds is 1. The Kier molecular flexibility index (Phi) is 5.52. The van der Waals surface area contributed by atoms with Crippen LogP contribution in [0.1, 0.15) is 39.7 Å². The summed E-state index contributed by atoms with van der Waals surface area (Å²) in [5.74, 6) is -0.336. The average Bonchev–Trinajstić information content (AvgIpc) is 2.82. The van der Waals surface area contributed by atoms with Gasteiger partial charge >= 0.3 is 6.09 Å². The zero-order valence-electron chi connectivity index (χ0n) is 18.0. The lowest BCUT2D eigenvalue weighted by Gasteiger charge is -2.34. The molecular weight excluding hydrogens is 417 g/mol. The van der Waals surface area contributed by atoms with E-state index in [9.17, 15) is 9.18 Å². The number of ether oxygens (including phenoxy) is 1. The Morgan fingerprint density at radius 3 is 2.68 bits per heavy atom. The molecule has 0 aromatic heterocycles. The summed E-state index contributed by atoms with van der Waals surface area (Å²) in [4.78, 5) is 19.1. The van der Waals surface area contributed by atoms with Crippen molar-refractivity contribution in [3.63, 3.8) is 0 Å². The van der Waals surface area contributed by atoms with Gasteiger partial charge in [-0.15, -0.1) is 0 Å². The molecule has 7 heteroatoms. The number of hydrogen-bond donors (Lipinski definition) is 1. The Bertz CT molecular complexity index is 1100. The van der Waals surface area contributed by atoms with Crippen LogP contribution < -0.4 is 5.32 Å². The van der Waals surface area contributed by atoms with Crippen LogP contribution in [-0.2, 0) is 4.74 Å². The van der Waals surface area contributed by atoms with Crippen molar-refractivity contribution in [2.24, 2.45) is 4.99 Å². The van der Waals surface area contributed by atoms with Crippen molar-refractivity contribution in [3.8, 4) is 0 Å². The molecule has 2 aliphatic heterocycles. The molecule has 2 aromatic carbocycles. The number of nitrogens with zero attached hydrogens (tertiary/aromatic N) is 2. The summed E-state index contributed by atoms with van der Waals surface area (Å²) in [5, 5.41) is 3.91. The van der Waals surface area contributed by atoms with Gasteiger partial charge in [0.2, 0.25) is 0 Å². The maximum atomic E-state index is 14.2. The van der Waals surface area contributed by atoms with E-state index in [4.69, 9.17) is 21.3 Å². The number of fused-ring (bicyclic) bond motifs is 2. The summed E-state index contributed by atoms with van der Waals surface area (Å²) in [7, 11) is 0. The van der Waals surface area contributed by atoms with Gasteiger partial charge < -0.3 is 15.0 Å². The minimum absolute atomic E-state index is 0.187. The second kappa shape index (κ2) is 8.00. The van der Waals surface area contributed by atoms with E-state index < -0.39 is 5.60 Å². The Morgan fingerprint density at radius 2 is 1.97 bits per heavy atom. The molecule has 0 bridgehead atoms. The molecule has 1 amide bonds. The fourth-order valence-electron chi connectivity index (χ4n) is 3.78. The van der Waals surface area contributed by atoms with E-state index in [0.717, 1.165) is 16.9 Å². The highest BCUT2D eigenvalue weighted by molar-refractivity contribution is 6.31. The van der Waals surface area contributed by atoms with Crippen molar-refractivity contribution in [3.05, 3.63) is 64.5 Å². The van der Waals surface area contributed by atoms with Gasteiger partial charge in [-0.1, -0.05) is 17.7 Å². The predicted octanol–water partition coefficient (Wildman–Crippen LogP) is 6.61. The number of benzene rings is 2. The zero-order valence-corrected chi connectivity index (χ0v) is 18.8. The highest BCUT2D eigenvalue weighted by Gasteiger charge is 2.30. The van der Waals surface area contributed by atoms with Crippen molar-refractivity contribution >= 4 is 40.5 Å². The number of nitrogens with one attached hydrogen (secondary N) is 1. The Morgan fingerprint density at radius 1 is 1.23 bits per heavy atom. The minimum atomic E-state index is -0.558. The van der Waals surface area contributed by atoms with Gasteiger partial charge in [-0.2, -0.15) is 0 Å². The van der Waals surface area contributed by atoms with Crippen molar-refractivity contribution in [1.82, 2.24) is 4.90 Å². The van der Waals surface area contributed by atoms with E-state index in [2.05, 4.69) is 5.32 Å². The first-order valence-corrected chi connectivity index (χ1v) is 10.6. The summed E-state index contributed by atoms with van der Waals surface area (Å²) >= 11 is 6.20. The van der Waals surface area contributed by atoms with E-state index >= 15 is 0 Å². The molecule has 162 valence electrons. The fraction of sp³-hybridized carbons (Fsp3) is 0.333. The van der Waals surface area contributed by atoms with Crippen LogP contribution in [0.2, 0.25) is 5.02 Å². The Hall–Kier alpha value is -2.86. The molecule has 1 unspecified atom stereocenters. The fourth-order valence-corrected chi connectivity index (χ4v) is 3.95. The lowest BCUT2D eigenvalue weighted by atomic mass is 9.93.